The Morgan fingerprint density at radius 1 is 1.04 bits per heavy atom. The lowest BCUT2D eigenvalue weighted by molar-refractivity contribution is 1.14. The molecule has 2 aromatic carbocycles. The van der Waals surface area contributed by atoms with Crippen LogP contribution in [0.15, 0.2) is 61.0 Å². The quantitative estimate of drug-likeness (QED) is 0.536. The Bertz CT molecular complexity index is 989. The Kier molecular flexibility index (Phi) is 3.85. The average molecular weight is 343 g/mol. The molecule has 1 aromatic heterocycles. The first kappa shape index (κ1) is 15.9. The predicted octanol–water partition coefficient (Wildman–Crippen LogP) is 7.07. The van der Waals surface area contributed by atoms with Gasteiger partial charge in [-0.3, -0.25) is 0 Å². The minimum atomic E-state index is 0.991. The fourth-order valence-corrected chi connectivity index (χ4v) is 4.37. The second-order valence-corrected chi connectivity index (χ2v) is 7.42. The molecule has 0 fully saturated rings. The van der Waals surface area contributed by atoms with Crippen molar-refractivity contribution in [2.24, 2.45) is 0 Å². The normalized spacial score (nSPS) is 12.3. The highest BCUT2D eigenvalue weighted by molar-refractivity contribution is 7.11. The van der Waals surface area contributed by atoms with Gasteiger partial charge in [-0.2, -0.15) is 0 Å². The van der Waals surface area contributed by atoms with Crippen LogP contribution in [-0.4, -0.2) is 0 Å². The van der Waals surface area contributed by atoms with E-state index in [-0.39, 0.29) is 0 Å². The van der Waals surface area contributed by atoms with Crippen molar-refractivity contribution in [1.82, 2.24) is 0 Å². The topological polar surface area (TPSA) is 12.0 Å². The standard InChI is InChI=1S/C23H21NS/c1-5-16-10-11-20-22(19-12-13-25-23(19)15(4)24-20)21(16)18-8-6-17(7-9-18)14(2)3/h6-13,24H,2,4-5H2,1,3H3. The maximum absolute atomic E-state index is 4.19. The van der Waals surface area contributed by atoms with Gasteiger partial charge in [0, 0.05) is 22.5 Å². The number of thiophene rings is 1. The molecule has 0 spiro atoms. The lowest BCUT2D eigenvalue weighted by Gasteiger charge is -2.25. The number of allylic oxidation sites excluding steroid dienone is 1. The fraction of sp³-hybridized carbons (Fsp3) is 0.130. The van der Waals surface area contributed by atoms with E-state index in [1.165, 1.54) is 38.3 Å². The molecular weight excluding hydrogens is 322 g/mol. The van der Waals surface area contributed by atoms with Crippen molar-refractivity contribution < 1.29 is 0 Å². The van der Waals surface area contributed by atoms with Crippen LogP contribution in [-0.2, 0) is 6.42 Å². The maximum atomic E-state index is 4.19. The van der Waals surface area contributed by atoms with Gasteiger partial charge in [0.05, 0.1) is 4.88 Å². The van der Waals surface area contributed by atoms with Crippen molar-refractivity contribution in [1.29, 1.82) is 0 Å². The van der Waals surface area contributed by atoms with Gasteiger partial charge >= 0.3 is 0 Å². The summed E-state index contributed by atoms with van der Waals surface area (Å²) >= 11 is 1.75. The summed E-state index contributed by atoms with van der Waals surface area (Å²) < 4.78 is 0. The second-order valence-electron chi connectivity index (χ2n) is 6.50. The lowest BCUT2D eigenvalue weighted by atomic mass is 9.86. The first-order chi connectivity index (χ1) is 12.1. The van der Waals surface area contributed by atoms with Crippen LogP contribution in [0.3, 0.4) is 0 Å². The monoisotopic (exact) mass is 343 g/mol. The predicted molar refractivity (Wildman–Crippen MR) is 112 cm³/mol. The summed E-state index contributed by atoms with van der Waals surface area (Å²) in [5.41, 5.74) is 11.0. The number of nitrogens with one attached hydrogen (secondary N) is 1. The number of fused-ring (bicyclic) bond motifs is 3. The molecule has 0 atom stereocenters. The van der Waals surface area contributed by atoms with Gasteiger partial charge in [0.2, 0.25) is 0 Å². The Morgan fingerprint density at radius 2 is 1.80 bits per heavy atom. The van der Waals surface area contributed by atoms with Gasteiger partial charge in [-0.25, -0.2) is 0 Å². The van der Waals surface area contributed by atoms with Crippen LogP contribution in [0, 0.1) is 0 Å². The second kappa shape index (κ2) is 6.05. The third-order valence-electron chi connectivity index (χ3n) is 4.83. The SMILES string of the molecule is C=C(C)c1ccc(-c2c(CC)ccc3c2-c2ccsc2C(=C)N3)cc1. The number of rotatable bonds is 3. The number of anilines is 1. The van der Waals surface area contributed by atoms with Crippen molar-refractivity contribution in [3.63, 3.8) is 0 Å². The molecule has 0 unspecified atom stereocenters. The van der Waals surface area contributed by atoms with Crippen LogP contribution in [0.1, 0.15) is 29.9 Å². The summed E-state index contributed by atoms with van der Waals surface area (Å²) in [4.78, 5) is 1.24. The highest BCUT2D eigenvalue weighted by atomic mass is 32.1. The molecule has 1 aliphatic heterocycles. The summed E-state index contributed by atoms with van der Waals surface area (Å²) in [5, 5.41) is 5.65. The molecule has 25 heavy (non-hydrogen) atoms. The van der Waals surface area contributed by atoms with E-state index in [2.05, 4.69) is 73.2 Å². The van der Waals surface area contributed by atoms with Gasteiger partial charge in [0.25, 0.3) is 0 Å². The molecule has 124 valence electrons. The van der Waals surface area contributed by atoms with Crippen LogP contribution in [0.5, 0.6) is 0 Å². The number of hydrogen-bond donors (Lipinski definition) is 1. The van der Waals surface area contributed by atoms with Crippen molar-refractivity contribution in [3.05, 3.63) is 77.0 Å². The van der Waals surface area contributed by atoms with Crippen LogP contribution in [0.2, 0.25) is 0 Å². The maximum Gasteiger partial charge on any atom is 0.0578 e. The van der Waals surface area contributed by atoms with Gasteiger partial charge in [0.1, 0.15) is 0 Å². The summed E-state index contributed by atoms with van der Waals surface area (Å²) in [5.74, 6) is 0. The largest absolute Gasteiger partial charge is 0.354 e. The minimum absolute atomic E-state index is 0.991. The Hall–Kier alpha value is -2.58. The zero-order chi connectivity index (χ0) is 17.6. The Labute approximate surface area is 153 Å². The summed E-state index contributed by atoms with van der Waals surface area (Å²) in [6.45, 7) is 12.5. The molecule has 2 heteroatoms. The van der Waals surface area contributed by atoms with Gasteiger partial charge in [0.15, 0.2) is 0 Å². The fourth-order valence-electron chi connectivity index (χ4n) is 3.53. The van der Waals surface area contributed by atoms with Crippen LogP contribution in [0.25, 0.3) is 33.5 Å². The van der Waals surface area contributed by atoms with Crippen LogP contribution in [0.4, 0.5) is 5.69 Å². The molecule has 0 bridgehead atoms. The van der Waals surface area contributed by atoms with Crippen molar-refractivity contribution in [2.75, 3.05) is 5.32 Å². The Morgan fingerprint density at radius 3 is 2.48 bits per heavy atom. The van der Waals surface area contributed by atoms with Gasteiger partial charge in [-0.05, 0) is 53.1 Å². The van der Waals surface area contributed by atoms with E-state index in [4.69, 9.17) is 0 Å². The molecule has 0 saturated heterocycles. The molecule has 0 amide bonds. The summed E-state index contributed by atoms with van der Waals surface area (Å²) in [6.07, 6.45) is 1.01. The van der Waals surface area contributed by atoms with Crippen LogP contribution >= 0.6 is 11.3 Å². The third kappa shape index (κ3) is 2.54. The van der Waals surface area contributed by atoms with E-state index in [0.29, 0.717) is 0 Å². The van der Waals surface area contributed by atoms with Crippen molar-refractivity contribution in [2.45, 2.75) is 20.3 Å². The van der Waals surface area contributed by atoms with Gasteiger partial charge in [-0.1, -0.05) is 56.0 Å². The highest BCUT2D eigenvalue weighted by Crippen LogP contribution is 2.48. The first-order valence-corrected chi connectivity index (χ1v) is 9.44. The lowest BCUT2D eigenvalue weighted by Crippen LogP contribution is -2.07. The first-order valence-electron chi connectivity index (χ1n) is 8.56. The molecule has 2 heterocycles. The molecule has 4 rings (SSSR count). The highest BCUT2D eigenvalue weighted by Gasteiger charge is 2.24. The summed E-state index contributed by atoms with van der Waals surface area (Å²) in [6, 6.07) is 15.4. The molecule has 0 saturated carbocycles. The van der Waals surface area contributed by atoms with Gasteiger partial charge in [-0.15, -0.1) is 11.3 Å². The number of hydrogen-bond acceptors (Lipinski definition) is 2. The van der Waals surface area contributed by atoms with E-state index in [1.807, 2.05) is 6.92 Å². The molecule has 0 aliphatic carbocycles. The van der Waals surface area contributed by atoms with E-state index in [9.17, 15) is 0 Å². The molecule has 1 nitrogen and oxygen atoms in total. The molecular formula is C23H21NS. The average Bonchev–Trinajstić information content (AvgIpc) is 3.11. The van der Waals surface area contributed by atoms with E-state index in [1.54, 1.807) is 11.3 Å². The van der Waals surface area contributed by atoms with Crippen molar-refractivity contribution >= 4 is 28.3 Å². The smallest absolute Gasteiger partial charge is 0.0578 e. The zero-order valence-corrected chi connectivity index (χ0v) is 15.5. The number of aryl methyl sites for hydroxylation is 1. The summed E-state index contributed by atoms with van der Waals surface area (Å²) in [7, 11) is 0. The molecule has 3 aromatic rings. The van der Waals surface area contributed by atoms with Gasteiger partial charge < -0.3 is 5.32 Å². The van der Waals surface area contributed by atoms with Crippen LogP contribution < -0.4 is 5.32 Å². The van der Waals surface area contributed by atoms with E-state index >= 15 is 0 Å². The van der Waals surface area contributed by atoms with Crippen molar-refractivity contribution in [3.8, 4) is 22.3 Å². The number of benzene rings is 2. The zero-order valence-electron chi connectivity index (χ0n) is 14.6. The minimum Gasteiger partial charge on any atom is -0.354 e. The third-order valence-corrected chi connectivity index (χ3v) is 5.81. The molecule has 1 N–H and O–H groups in total. The van der Waals surface area contributed by atoms with E-state index < -0.39 is 0 Å². The molecule has 0 radical (unpaired) electrons. The molecule has 1 aliphatic rings. The Balaban J connectivity index is 1.98. The van der Waals surface area contributed by atoms with E-state index in [0.717, 1.165) is 23.4 Å².